The minimum Gasteiger partial charge on any atom is -0.481 e. The molecule has 1 rings (SSSR count). The molecule has 0 spiro atoms. The monoisotopic (exact) mass is 338 g/mol. The van der Waals surface area contributed by atoms with Gasteiger partial charge in [0.05, 0.1) is 6.10 Å². The molecule has 0 bridgehead atoms. The average molecular weight is 338 g/mol. The van der Waals surface area contributed by atoms with Crippen LogP contribution < -0.4 is 0 Å². The van der Waals surface area contributed by atoms with Gasteiger partial charge in [0.25, 0.3) is 0 Å². The molecule has 4 heteroatoms. The number of aliphatic hydroxyl groups is 1. The van der Waals surface area contributed by atoms with Crippen LogP contribution >= 0.6 is 0 Å². The number of aliphatic hydroxyl groups excluding tert-OH is 1. The highest BCUT2D eigenvalue weighted by Gasteiger charge is 2.38. The van der Waals surface area contributed by atoms with Gasteiger partial charge in [-0.25, -0.2) is 0 Å². The molecule has 0 radical (unpaired) electrons. The number of allylic oxidation sites excluding steroid dienone is 1. The normalized spacial score (nSPS) is 22.3. The smallest absolute Gasteiger partial charge is 0.303 e. The van der Waals surface area contributed by atoms with Gasteiger partial charge in [0.15, 0.2) is 0 Å². The lowest BCUT2D eigenvalue weighted by Crippen LogP contribution is -2.23. The van der Waals surface area contributed by atoms with Gasteiger partial charge < -0.3 is 10.2 Å². The third kappa shape index (κ3) is 7.61. The number of Topliss-reactive ketones (excluding diaryl/α,β-unsaturated/α-hetero) is 1. The summed E-state index contributed by atoms with van der Waals surface area (Å²) in [5, 5.41) is 18.7. The Bertz CT molecular complexity index is 416. The fourth-order valence-corrected chi connectivity index (χ4v) is 3.54. The maximum Gasteiger partial charge on any atom is 0.303 e. The Hall–Kier alpha value is -1.16. The van der Waals surface area contributed by atoms with E-state index in [4.69, 9.17) is 5.11 Å². The van der Waals surface area contributed by atoms with E-state index in [1.165, 1.54) is 0 Å². The summed E-state index contributed by atoms with van der Waals surface area (Å²) in [6, 6.07) is 0. The maximum atomic E-state index is 12.4. The van der Waals surface area contributed by atoms with Crippen LogP contribution in [0, 0.1) is 5.41 Å². The van der Waals surface area contributed by atoms with Crippen molar-refractivity contribution in [2.45, 2.75) is 96.5 Å². The van der Waals surface area contributed by atoms with E-state index in [2.05, 4.69) is 6.92 Å². The van der Waals surface area contributed by atoms with Crippen LogP contribution in [0.3, 0.4) is 0 Å². The molecule has 1 aliphatic rings. The summed E-state index contributed by atoms with van der Waals surface area (Å²) in [5.41, 5.74) is -0.376. The molecular weight excluding hydrogens is 304 g/mol. The van der Waals surface area contributed by atoms with Crippen molar-refractivity contribution in [2.24, 2.45) is 5.41 Å². The summed E-state index contributed by atoms with van der Waals surface area (Å²) in [6.07, 6.45) is 14.5. The second-order valence-corrected chi connectivity index (χ2v) is 7.16. The fourth-order valence-electron chi connectivity index (χ4n) is 3.54. The molecule has 2 N–H and O–H groups in total. The maximum absolute atomic E-state index is 12.4. The molecule has 1 aliphatic carbocycles. The van der Waals surface area contributed by atoms with E-state index in [1.807, 2.05) is 12.2 Å². The van der Waals surface area contributed by atoms with Crippen LogP contribution in [-0.4, -0.2) is 28.1 Å². The van der Waals surface area contributed by atoms with Crippen LogP contribution in [0.15, 0.2) is 12.2 Å². The van der Waals surface area contributed by atoms with E-state index >= 15 is 0 Å². The largest absolute Gasteiger partial charge is 0.481 e. The van der Waals surface area contributed by atoms with Crippen molar-refractivity contribution in [1.29, 1.82) is 0 Å². The molecular formula is C20H34O4. The van der Waals surface area contributed by atoms with Crippen LogP contribution in [0.25, 0.3) is 0 Å². The van der Waals surface area contributed by atoms with E-state index in [0.29, 0.717) is 18.6 Å². The number of carbonyl (C=O) groups is 2. The summed E-state index contributed by atoms with van der Waals surface area (Å²) in [6.45, 7) is 2.14. The number of ketones is 1. The first kappa shape index (κ1) is 20.9. The van der Waals surface area contributed by atoms with Gasteiger partial charge in [0, 0.05) is 18.3 Å². The summed E-state index contributed by atoms with van der Waals surface area (Å²) in [4.78, 5) is 22.9. The first-order chi connectivity index (χ1) is 11.5. The Morgan fingerprint density at radius 1 is 1.21 bits per heavy atom. The summed E-state index contributed by atoms with van der Waals surface area (Å²) >= 11 is 0. The summed E-state index contributed by atoms with van der Waals surface area (Å²) in [5.74, 6) is -0.428. The van der Waals surface area contributed by atoms with Gasteiger partial charge in [-0.15, -0.1) is 0 Å². The van der Waals surface area contributed by atoms with Crippen LogP contribution in [0.1, 0.15) is 90.4 Å². The number of rotatable bonds is 13. The number of carboxylic acid groups (broad SMARTS) is 1. The zero-order chi connectivity index (χ0) is 17.8. The number of hydrogen-bond acceptors (Lipinski definition) is 3. The van der Waals surface area contributed by atoms with Crippen molar-refractivity contribution in [2.75, 3.05) is 0 Å². The van der Waals surface area contributed by atoms with Crippen molar-refractivity contribution >= 4 is 11.8 Å². The molecule has 0 aliphatic heterocycles. The Morgan fingerprint density at radius 2 is 1.96 bits per heavy atom. The molecule has 0 aromatic carbocycles. The zero-order valence-corrected chi connectivity index (χ0v) is 15.1. The first-order valence-electron chi connectivity index (χ1n) is 9.62. The van der Waals surface area contributed by atoms with Crippen molar-refractivity contribution < 1.29 is 19.8 Å². The predicted molar refractivity (Wildman–Crippen MR) is 95.9 cm³/mol. The molecule has 1 saturated carbocycles. The average Bonchev–Trinajstić information content (AvgIpc) is 2.90. The molecule has 4 nitrogen and oxygen atoms in total. The molecule has 24 heavy (non-hydrogen) atoms. The van der Waals surface area contributed by atoms with Gasteiger partial charge in [-0.2, -0.15) is 0 Å². The molecule has 1 fully saturated rings. The number of carboxylic acids is 1. The first-order valence-corrected chi connectivity index (χ1v) is 9.62. The highest BCUT2D eigenvalue weighted by Crippen LogP contribution is 2.41. The Morgan fingerprint density at radius 3 is 2.58 bits per heavy atom. The Labute approximate surface area is 146 Å². The van der Waals surface area contributed by atoms with Crippen LogP contribution in [0.2, 0.25) is 0 Å². The lowest BCUT2D eigenvalue weighted by molar-refractivity contribution is -0.137. The van der Waals surface area contributed by atoms with Crippen LogP contribution in [-0.2, 0) is 9.59 Å². The molecule has 2 atom stereocenters. The van der Waals surface area contributed by atoms with Crippen LogP contribution in [0.5, 0.6) is 0 Å². The van der Waals surface area contributed by atoms with Crippen molar-refractivity contribution in [3.63, 3.8) is 0 Å². The molecule has 0 saturated heterocycles. The van der Waals surface area contributed by atoms with Gasteiger partial charge in [-0.05, 0) is 32.1 Å². The number of carbonyl (C=O) groups excluding carboxylic acids is 1. The van der Waals surface area contributed by atoms with Crippen LogP contribution in [0.4, 0.5) is 0 Å². The predicted octanol–water partition coefficient (Wildman–Crippen LogP) is 4.65. The molecule has 1 unspecified atom stereocenters. The number of unbranched alkanes of at least 4 members (excludes halogenated alkanes) is 5. The lowest BCUT2D eigenvalue weighted by Gasteiger charge is -2.24. The van der Waals surface area contributed by atoms with Gasteiger partial charge in [0.1, 0.15) is 5.78 Å². The van der Waals surface area contributed by atoms with Crippen molar-refractivity contribution in [1.82, 2.24) is 0 Å². The minimum atomic E-state index is -0.738. The van der Waals surface area contributed by atoms with E-state index in [9.17, 15) is 14.7 Å². The van der Waals surface area contributed by atoms with Gasteiger partial charge in [0.2, 0.25) is 0 Å². The second kappa shape index (κ2) is 11.4. The summed E-state index contributed by atoms with van der Waals surface area (Å²) < 4.78 is 0. The molecule has 138 valence electrons. The van der Waals surface area contributed by atoms with E-state index in [1.54, 1.807) is 0 Å². The highest BCUT2D eigenvalue weighted by molar-refractivity contribution is 5.88. The second-order valence-electron chi connectivity index (χ2n) is 7.16. The van der Waals surface area contributed by atoms with Gasteiger partial charge in [-0.3, -0.25) is 9.59 Å². The molecule has 0 amide bonds. The Kier molecular flexibility index (Phi) is 9.92. The summed E-state index contributed by atoms with van der Waals surface area (Å²) in [7, 11) is 0. The Balaban J connectivity index is 2.42. The molecule has 0 aromatic heterocycles. The van der Waals surface area contributed by atoms with Crippen molar-refractivity contribution in [3.8, 4) is 0 Å². The third-order valence-electron chi connectivity index (χ3n) is 5.09. The number of hydrogen-bond donors (Lipinski definition) is 2. The lowest BCUT2D eigenvalue weighted by atomic mass is 9.79. The van der Waals surface area contributed by atoms with Gasteiger partial charge in [-0.1, -0.05) is 57.6 Å². The van der Waals surface area contributed by atoms with E-state index in [0.717, 1.165) is 64.2 Å². The fraction of sp³-hybridized carbons (Fsp3) is 0.800. The van der Waals surface area contributed by atoms with E-state index in [-0.39, 0.29) is 11.8 Å². The van der Waals surface area contributed by atoms with Crippen molar-refractivity contribution in [3.05, 3.63) is 12.2 Å². The standard InChI is InChI=1S/C20H34O4/c1-2-3-6-10-17(21)13-16-20(15-9-11-18(20)22)14-8-5-4-7-12-19(23)24/h13,16-17,21H,2-12,14-15H2,1H3,(H,23,24)/b16-13+/t17-,20?/m0/s1. The minimum absolute atomic E-state index is 0.230. The number of aliphatic carboxylic acids is 1. The quantitative estimate of drug-likeness (QED) is 0.379. The van der Waals surface area contributed by atoms with E-state index < -0.39 is 12.1 Å². The third-order valence-corrected chi connectivity index (χ3v) is 5.09. The SMILES string of the molecule is CCCCC[C@H](O)/C=C/C1(CCCCCCC(=O)O)CCCC1=O. The zero-order valence-electron chi connectivity index (χ0n) is 15.1. The molecule has 0 heterocycles. The topological polar surface area (TPSA) is 74.6 Å². The molecule has 0 aromatic rings. The highest BCUT2D eigenvalue weighted by atomic mass is 16.4. The van der Waals surface area contributed by atoms with Gasteiger partial charge >= 0.3 is 5.97 Å².